The van der Waals surface area contributed by atoms with Gasteiger partial charge in [-0.15, -0.1) is 17.9 Å². The third-order valence-electron chi connectivity index (χ3n) is 1.53. The van der Waals surface area contributed by atoms with Crippen molar-refractivity contribution in [3.05, 3.63) is 29.2 Å². The molecule has 0 aliphatic heterocycles. The standard InChI is InChI=1S/C9H15N3S/c1-2-3-10-4-5-11-8-9-12-6-7-13-9/h2,6-7,10-11H,1,3-5,8H2. The van der Waals surface area contributed by atoms with E-state index in [2.05, 4.69) is 22.2 Å². The molecular formula is C9H15N3S. The smallest absolute Gasteiger partial charge is 0.106 e. The van der Waals surface area contributed by atoms with E-state index >= 15 is 0 Å². The number of nitrogens with zero attached hydrogens (tertiary/aromatic N) is 1. The summed E-state index contributed by atoms with van der Waals surface area (Å²) in [5.41, 5.74) is 0. The summed E-state index contributed by atoms with van der Waals surface area (Å²) in [5, 5.41) is 9.65. The van der Waals surface area contributed by atoms with E-state index in [1.54, 1.807) is 11.3 Å². The molecule has 3 nitrogen and oxygen atoms in total. The van der Waals surface area contributed by atoms with Crippen molar-refractivity contribution in [2.45, 2.75) is 6.54 Å². The first-order chi connectivity index (χ1) is 6.43. The fourth-order valence-electron chi connectivity index (χ4n) is 0.916. The first kappa shape index (κ1) is 10.4. The minimum Gasteiger partial charge on any atom is -0.312 e. The van der Waals surface area contributed by atoms with Crippen molar-refractivity contribution in [1.29, 1.82) is 0 Å². The van der Waals surface area contributed by atoms with Gasteiger partial charge in [0.1, 0.15) is 5.01 Å². The summed E-state index contributed by atoms with van der Waals surface area (Å²) in [6.45, 7) is 7.31. The lowest BCUT2D eigenvalue weighted by molar-refractivity contribution is 0.634. The number of hydrogen-bond donors (Lipinski definition) is 2. The first-order valence-electron chi connectivity index (χ1n) is 4.34. The second kappa shape index (κ2) is 6.77. The molecule has 1 aromatic rings. The van der Waals surface area contributed by atoms with Crippen LogP contribution in [0.3, 0.4) is 0 Å². The van der Waals surface area contributed by atoms with Gasteiger partial charge in [0.2, 0.25) is 0 Å². The average Bonchev–Trinajstić information content (AvgIpc) is 2.63. The van der Waals surface area contributed by atoms with Crippen molar-refractivity contribution >= 4 is 11.3 Å². The van der Waals surface area contributed by atoms with Gasteiger partial charge in [0, 0.05) is 37.8 Å². The first-order valence-corrected chi connectivity index (χ1v) is 5.22. The van der Waals surface area contributed by atoms with Crippen LogP contribution in [-0.4, -0.2) is 24.6 Å². The van der Waals surface area contributed by atoms with Gasteiger partial charge in [-0.1, -0.05) is 6.08 Å². The second-order valence-electron chi connectivity index (χ2n) is 2.60. The highest BCUT2D eigenvalue weighted by molar-refractivity contribution is 7.09. The second-order valence-corrected chi connectivity index (χ2v) is 3.57. The van der Waals surface area contributed by atoms with Crippen LogP contribution in [0.15, 0.2) is 24.2 Å². The summed E-state index contributed by atoms with van der Waals surface area (Å²) in [6.07, 6.45) is 3.69. The fourth-order valence-corrected chi connectivity index (χ4v) is 1.50. The molecule has 0 aliphatic rings. The molecule has 1 aromatic heterocycles. The van der Waals surface area contributed by atoms with Gasteiger partial charge in [-0.05, 0) is 0 Å². The molecule has 1 heterocycles. The van der Waals surface area contributed by atoms with Crippen molar-refractivity contribution in [3.8, 4) is 0 Å². The molecule has 0 amide bonds. The molecular weight excluding hydrogens is 182 g/mol. The molecule has 0 saturated carbocycles. The zero-order chi connectivity index (χ0) is 9.36. The van der Waals surface area contributed by atoms with Crippen LogP contribution in [0.2, 0.25) is 0 Å². The molecule has 0 bridgehead atoms. The fraction of sp³-hybridized carbons (Fsp3) is 0.444. The minimum absolute atomic E-state index is 0.868. The quantitative estimate of drug-likeness (QED) is 0.506. The number of thiazole rings is 1. The Morgan fingerprint density at radius 1 is 1.46 bits per heavy atom. The molecule has 0 atom stereocenters. The number of hydrogen-bond acceptors (Lipinski definition) is 4. The van der Waals surface area contributed by atoms with Crippen molar-refractivity contribution in [2.24, 2.45) is 0 Å². The molecule has 0 spiro atoms. The number of rotatable bonds is 7. The molecule has 0 saturated heterocycles. The number of aromatic nitrogens is 1. The van der Waals surface area contributed by atoms with Gasteiger partial charge in [-0.2, -0.15) is 0 Å². The monoisotopic (exact) mass is 197 g/mol. The SMILES string of the molecule is C=CCNCCNCc1nccs1. The van der Waals surface area contributed by atoms with Gasteiger partial charge in [0.25, 0.3) is 0 Å². The number of nitrogens with one attached hydrogen (secondary N) is 2. The summed E-state index contributed by atoms with van der Waals surface area (Å²) >= 11 is 1.68. The molecule has 0 aliphatic carbocycles. The normalized spacial score (nSPS) is 10.2. The van der Waals surface area contributed by atoms with Crippen LogP contribution in [-0.2, 0) is 6.54 Å². The topological polar surface area (TPSA) is 37.0 Å². The van der Waals surface area contributed by atoms with Crippen LogP contribution < -0.4 is 10.6 Å². The van der Waals surface area contributed by atoms with Crippen LogP contribution in [0.4, 0.5) is 0 Å². The van der Waals surface area contributed by atoms with Gasteiger partial charge in [0.15, 0.2) is 0 Å². The maximum absolute atomic E-state index is 4.17. The van der Waals surface area contributed by atoms with E-state index in [0.717, 1.165) is 31.2 Å². The minimum atomic E-state index is 0.868. The lowest BCUT2D eigenvalue weighted by Gasteiger charge is -2.02. The van der Waals surface area contributed by atoms with Crippen LogP contribution >= 0.6 is 11.3 Å². The molecule has 0 fully saturated rings. The molecule has 0 unspecified atom stereocenters. The van der Waals surface area contributed by atoms with Gasteiger partial charge in [0.05, 0.1) is 0 Å². The Hall–Kier alpha value is -0.710. The van der Waals surface area contributed by atoms with Crippen molar-refractivity contribution < 1.29 is 0 Å². The summed E-state index contributed by atoms with van der Waals surface area (Å²) in [6, 6.07) is 0. The van der Waals surface area contributed by atoms with Crippen LogP contribution in [0, 0.1) is 0 Å². The molecule has 0 radical (unpaired) electrons. The molecule has 4 heteroatoms. The van der Waals surface area contributed by atoms with E-state index in [1.807, 2.05) is 17.7 Å². The van der Waals surface area contributed by atoms with Crippen LogP contribution in [0.5, 0.6) is 0 Å². The summed E-state index contributed by atoms with van der Waals surface area (Å²) in [5.74, 6) is 0. The van der Waals surface area contributed by atoms with E-state index in [1.165, 1.54) is 0 Å². The van der Waals surface area contributed by atoms with E-state index in [0.29, 0.717) is 0 Å². The molecule has 72 valence electrons. The Bertz CT molecular complexity index is 221. The van der Waals surface area contributed by atoms with Crippen molar-refractivity contribution in [1.82, 2.24) is 15.6 Å². The zero-order valence-electron chi connectivity index (χ0n) is 7.62. The Kier molecular flexibility index (Phi) is 5.40. The predicted octanol–water partition coefficient (Wildman–Crippen LogP) is 1.01. The zero-order valence-corrected chi connectivity index (χ0v) is 8.44. The largest absolute Gasteiger partial charge is 0.312 e. The Labute approximate surface area is 82.9 Å². The highest BCUT2D eigenvalue weighted by Crippen LogP contribution is 2.01. The summed E-state index contributed by atoms with van der Waals surface area (Å²) in [4.78, 5) is 4.17. The maximum Gasteiger partial charge on any atom is 0.106 e. The molecule has 2 N–H and O–H groups in total. The van der Waals surface area contributed by atoms with E-state index < -0.39 is 0 Å². The van der Waals surface area contributed by atoms with Crippen molar-refractivity contribution in [3.63, 3.8) is 0 Å². The Morgan fingerprint density at radius 3 is 3.00 bits per heavy atom. The highest BCUT2D eigenvalue weighted by atomic mass is 32.1. The lowest BCUT2D eigenvalue weighted by Crippen LogP contribution is -2.26. The van der Waals surface area contributed by atoms with E-state index in [9.17, 15) is 0 Å². The molecule has 1 rings (SSSR count). The van der Waals surface area contributed by atoms with Gasteiger partial charge in [-0.25, -0.2) is 4.98 Å². The Morgan fingerprint density at radius 2 is 2.31 bits per heavy atom. The van der Waals surface area contributed by atoms with Gasteiger partial charge in [-0.3, -0.25) is 0 Å². The summed E-state index contributed by atoms with van der Waals surface area (Å²) in [7, 11) is 0. The lowest BCUT2D eigenvalue weighted by atomic mass is 10.5. The van der Waals surface area contributed by atoms with Gasteiger partial charge < -0.3 is 10.6 Å². The average molecular weight is 197 g/mol. The van der Waals surface area contributed by atoms with Crippen LogP contribution in [0.1, 0.15) is 5.01 Å². The van der Waals surface area contributed by atoms with Crippen LogP contribution in [0.25, 0.3) is 0 Å². The van der Waals surface area contributed by atoms with E-state index in [4.69, 9.17) is 0 Å². The van der Waals surface area contributed by atoms with Gasteiger partial charge >= 0.3 is 0 Å². The van der Waals surface area contributed by atoms with Crippen molar-refractivity contribution in [2.75, 3.05) is 19.6 Å². The maximum atomic E-state index is 4.17. The molecule has 0 aromatic carbocycles. The molecule has 13 heavy (non-hydrogen) atoms. The highest BCUT2D eigenvalue weighted by Gasteiger charge is 1.92. The third kappa shape index (κ3) is 4.77. The summed E-state index contributed by atoms with van der Waals surface area (Å²) < 4.78 is 0. The third-order valence-corrected chi connectivity index (χ3v) is 2.31. The predicted molar refractivity (Wildman–Crippen MR) is 56.9 cm³/mol. The Balaban J connectivity index is 1.93. The van der Waals surface area contributed by atoms with E-state index in [-0.39, 0.29) is 0 Å².